The normalized spacial score (nSPS) is 19.6. The first-order valence-electron chi connectivity index (χ1n) is 8.35. The first-order valence-corrected chi connectivity index (χ1v) is 11.7. The maximum atomic E-state index is 12.3. The van der Waals surface area contributed by atoms with Crippen LogP contribution in [0, 0.1) is 0 Å². The number of rotatable bonds is 8. The summed E-state index contributed by atoms with van der Waals surface area (Å²) in [6.45, 7) is 0.648. The van der Waals surface area contributed by atoms with Gasteiger partial charge in [-0.15, -0.1) is 0 Å². The van der Waals surface area contributed by atoms with Crippen LogP contribution in [0.2, 0.25) is 0 Å². The standard InChI is InChI=1S/C16H22N2O8S2/c1-11(18-28(23,24)14-5-3-13(25-2)4-6-14)16(20)26-9-15(19)17-12-7-8-27(21,22)10-12/h3-6,11-12,18H,7-10H2,1-2H3,(H,17,19). The van der Waals surface area contributed by atoms with Gasteiger partial charge in [-0.05, 0) is 37.6 Å². The van der Waals surface area contributed by atoms with E-state index in [1.807, 2.05) is 0 Å². The van der Waals surface area contributed by atoms with Crippen molar-refractivity contribution >= 4 is 31.7 Å². The van der Waals surface area contributed by atoms with Gasteiger partial charge in [-0.1, -0.05) is 0 Å². The lowest BCUT2D eigenvalue weighted by atomic mass is 10.2. The highest BCUT2D eigenvalue weighted by Crippen LogP contribution is 2.15. The number of carbonyl (C=O) groups excluding carboxylic acids is 2. The lowest BCUT2D eigenvalue weighted by Crippen LogP contribution is -2.42. The minimum Gasteiger partial charge on any atom is -0.497 e. The number of ether oxygens (including phenoxy) is 2. The average molecular weight is 434 g/mol. The Balaban J connectivity index is 1.83. The zero-order chi connectivity index (χ0) is 20.9. The summed E-state index contributed by atoms with van der Waals surface area (Å²) >= 11 is 0. The summed E-state index contributed by atoms with van der Waals surface area (Å²) in [5.41, 5.74) is 0. The third kappa shape index (κ3) is 6.17. The molecule has 28 heavy (non-hydrogen) atoms. The Hall–Kier alpha value is -2.18. The van der Waals surface area contributed by atoms with Gasteiger partial charge < -0.3 is 14.8 Å². The van der Waals surface area contributed by atoms with Crippen molar-refractivity contribution in [3.63, 3.8) is 0 Å². The molecule has 156 valence electrons. The number of nitrogens with one attached hydrogen (secondary N) is 2. The summed E-state index contributed by atoms with van der Waals surface area (Å²) in [5.74, 6) is -1.26. The van der Waals surface area contributed by atoms with Gasteiger partial charge in [-0.3, -0.25) is 9.59 Å². The Kier molecular flexibility index (Phi) is 7.01. The van der Waals surface area contributed by atoms with Crippen molar-refractivity contribution in [2.75, 3.05) is 25.2 Å². The Morgan fingerprint density at radius 3 is 2.43 bits per heavy atom. The third-order valence-corrected chi connectivity index (χ3v) is 7.32. The number of methoxy groups -OCH3 is 1. The van der Waals surface area contributed by atoms with Crippen LogP contribution in [0.5, 0.6) is 5.75 Å². The Morgan fingerprint density at radius 1 is 1.25 bits per heavy atom. The van der Waals surface area contributed by atoms with Crippen molar-refractivity contribution in [2.24, 2.45) is 0 Å². The second kappa shape index (κ2) is 8.88. The molecule has 1 amide bonds. The molecule has 2 N–H and O–H groups in total. The quantitative estimate of drug-likeness (QED) is 0.506. The average Bonchev–Trinajstić information content (AvgIpc) is 2.97. The van der Waals surface area contributed by atoms with Crippen molar-refractivity contribution in [1.82, 2.24) is 10.0 Å². The molecular formula is C16H22N2O8S2. The SMILES string of the molecule is COc1ccc(S(=O)(=O)NC(C)C(=O)OCC(=O)NC2CCS(=O)(=O)C2)cc1. The monoisotopic (exact) mass is 434 g/mol. The van der Waals surface area contributed by atoms with Crippen LogP contribution >= 0.6 is 0 Å². The third-order valence-electron chi connectivity index (χ3n) is 4.00. The van der Waals surface area contributed by atoms with Gasteiger partial charge in [0.25, 0.3) is 5.91 Å². The van der Waals surface area contributed by atoms with E-state index < -0.39 is 50.4 Å². The predicted octanol–water partition coefficient (Wildman–Crippen LogP) is -0.791. The topological polar surface area (TPSA) is 145 Å². The first-order chi connectivity index (χ1) is 13.0. The lowest BCUT2D eigenvalue weighted by Gasteiger charge is -2.15. The maximum Gasteiger partial charge on any atom is 0.324 e. The van der Waals surface area contributed by atoms with Crippen molar-refractivity contribution in [3.05, 3.63) is 24.3 Å². The molecule has 10 nitrogen and oxygen atoms in total. The molecule has 1 aliphatic rings. The number of amides is 1. The van der Waals surface area contributed by atoms with E-state index in [2.05, 4.69) is 10.0 Å². The fraction of sp³-hybridized carbons (Fsp3) is 0.500. The second-order valence-electron chi connectivity index (χ2n) is 6.29. The highest BCUT2D eigenvalue weighted by Gasteiger charge is 2.29. The van der Waals surface area contributed by atoms with Crippen molar-refractivity contribution in [2.45, 2.75) is 30.3 Å². The summed E-state index contributed by atoms with van der Waals surface area (Å²) in [4.78, 5) is 23.7. The number of sulfonamides is 1. The summed E-state index contributed by atoms with van der Waals surface area (Å²) in [6.07, 6.45) is 0.306. The molecule has 1 aromatic rings. The maximum absolute atomic E-state index is 12.3. The van der Waals surface area contributed by atoms with E-state index in [9.17, 15) is 26.4 Å². The Labute approximate surface area is 163 Å². The molecule has 12 heteroatoms. The summed E-state index contributed by atoms with van der Waals surface area (Å²) in [6, 6.07) is 3.83. The Bertz CT molecular complexity index is 926. The van der Waals surface area contributed by atoms with E-state index >= 15 is 0 Å². The summed E-state index contributed by atoms with van der Waals surface area (Å²) in [7, 11) is -5.67. The number of hydrogen-bond donors (Lipinski definition) is 2. The van der Waals surface area contributed by atoms with E-state index in [0.29, 0.717) is 12.2 Å². The molecule has 0 radical (unpaired) electrons. The minimum atomic E-state index is -3.97. The molecule has 2 rings (SSSR count). The van der Waals surface area contributed by atoms with Gasteiger partial charge in [0, 0.05) is 6.04 Å². The predicted molar refractivity (Wildman–Crippen MR) is 98.9 cm³/mol. The minimum absolute atomic E-state index is 0.00189. The molecule has 1 fully saturated rings. The van der Waals surface area contributed by atoms with E-state index in [4.69, 9.17) is 9.47 Å². The largest absolute Gasteiger partial charge is 0.497 e. The molecule has 1 heterocycles. The van der Waals surface area contributed by atoms with Gasteiger partial charge in [0.05, 0.1) is 23.5 Å². The van der Waals surface area contributed by atoms with Gasteiger partial charge in [0.1, 0.15) is 11.8 Å². The molecule has 2 atom stereocenters. The highest BCUT2D eigenvalue weighted by atomic mass is 32.2. The molecule has 0 aliphatic carbocycles. The van der Waals surface area contributed by atoms with Crippen LogP contribution in [0.1, 0.15) is 13.3 Å². The molecule has 0 aromatic heterocycles. The Morgan fingerprint density at radius 2 is 1.89 bits per heavy atom. The van der Waals surface area contributed by atoms with Gasteiger partial charge in [0.2, 0.25) is 10.0 Å². The summed E-state index contributed by atoms with van der Waals surface area (Å²) < 4.78 is 59.2. The van der Waals surface area contributed by atoms with E-state index in [1.165, 1.54) is 38.3 Å². The number of hydrogen-bond acceptors (Lipinski definition) is 8. The van der Waals surface area contributed by atoms with Crippen molar-refractivity contribution in [3.8, 4) is 5.75 Å². The first kappa shape index (κ1) is 22.1. The second-order valence-corrected chi connectivity index (χ2v) is 10.2. The van der Waals surface area contributed by atoms with Crippen LogP contribution in [0.25, 0.3) is 0 Å². The van der Waals surface area contributed by atoms with Crippen LogP contribution in [0.15, 0.2) is 29.2 Å². The fourth-order valence-electron chi connectivity index (χ4n) is 2.54. The van der Waals surface area contributed by atoms with Crippen LogP contribution in [-0.2, 0) is 34.2 Å². The van der Waals surface area contributed by atoms with Crippen molar-refractivity contribution in [1.29, 1.82) is 0 Å². The van der Waals surface area contributed by atoms with Gasteiger partial charge >= 0.3 is 5.97 Å². The molecule has 1 aliphatic heterocycles. The molecule has 2 unspecified atom stereocenters. The van der Waals surface area contributed by atoms with Gasteiger partial charge in [0.15, 0.2) is 16.4 Å². The number of esters is 1. The zero-order valence-corrected chi connectivity index (χ0v) is 17.0. The van der Waals surface area contributed by atoms with Crippen LogP contribution < -0.4 is 14.8 Å². The zero-order valence-electron chi connectivity index (χ0n) is 15.4. The van der Waals surface area contributed by atoms with Crippen molar-refractivity contribution < 1.29 is 35.9 Å². The summed E-state index contributed by atoms with van der Waals surface area (Å²) in [5, 5.41) is 2.47. The molecular weight excluding hydrogens is 412 g/mol. The smallest absolute Gasteiger partial charge is 0.324 e. The molecule has 0 spiro atoms. The lowest BCUT2D eigenvalue weighted by molar-refractivity contribution is -0.149. The molecule has 0 saturated carbocycles. The van der Waals surface area contributed by atoms with E-state index in [1.54, 1.807) is 0 Å². The number of sulfone groups is 1. The molecule has 1 saturated heterocycles. The highest BCUT2D eigenvalue weighted by molar-refractivity contribution is 7.91. The molecule has 0 bridgehead atoms. The number of benzene rings is 1. The van der Waals surface area contributed by atoms with E-state index in [-0.39, 0.29) is 16.4 Å². The van der Waals surface area contributed by atoms with Crippen LogP contribution in [0.3, 0.4) is 0 Å². The van der Waals surface area contributed by atoms with Crippen LogP contribution in [-0.4, -0.2) is 66.0 Å². The fourth-order valence-corrected chi connectivity index (χ4v) is 5.41. The van der Waals surface area contributed by atoms with E-state index in [0.717, 1.165) is 0 Å². The van der Waals surface area contributed by atoms with Gasteiger partial charge in [-0.2, -0.15) is 4.72 Å². The molecule has 1 aromatic carbocycles. The van der Waals surface area contributed by atoms with Crippen LogP contribution in [0.4, 0.5) is 0 Å². The van der Waals surface area contributed by atoms with Gasteiger partial charge in [-0.25, -0.2) is 16.8 Å². The number of carbonyl (C=O) groups is 2.